The van der Waals surface area contributed by atoms with E-state index >= 15 is 0 Å². The zero-order valence-electron chi connectivity index (χ0n) is 20.1. The van der Waals surface area contributed by atoms with Crippen LogP contribution in [0.1, 0.15) is 39.8 Å². The maximum Gasteiger partial charge on any atom is 0.234 e. The van der Waals surface area contributed by atoms with Gasteiger partial charge in [-0.15, -0.1) is 11.8 Å². The molecular weight excluding hydrogens is 462 g/mol. The van der Waals surface area contributed by atoms with Crippen LogP contribution in [0.3, 0.4) is 0 Å². The molecule has 1 amide bonds. The maximum atomic E-state index is 12.8. The van der Waals surface area contributed by atoms with Crippen molar-refractivity contribution < 1.29 is 4.79 Å². The van der Waals surface area contributed by atoms with Crippen LogP contribution in [0, 0.1) is 34.6 Å². The number of benzene rings is 3. The number of hydrogen-bond acceptors (Lipinski definition) is 4. The average molecular weight is 490 g/mol. The summed E-state index contributed by atoms with van der Waals surface area (Å²) in [7, 11) is 0. The summed E-state index contributed by atoms with van der Waals surface area (Å²) in [6.45, 7) is 10.3. The van der Waals surface area contributed by atoms with Gasteiger partial charge in [0, 0.05) is 17.1 Å². The van der Waals surface area contributed by atoms with Crippen molar-refractivity contribution in [2.75, 3.05) is 11.1 Å². The maximum absolute atomic E-state index is 12.8. The van der Waals surface area contributed by atoms with Gasteiger partial charge in [-0.25, -0.2) is 4.99 Å². The zero-order chi connectivity index (χ0) is 24.4. The number of nitrogens with zero attached hydrogens (tertiary/aromatic N) is 2. The molecule has 174 valence electrons. The molecule has 0 aromatic heterocycles. The highest BCUT2D eigenvalue weighted by Crippen LogP contribution is 2.36. The lowest BCUT2D eigenvalue weighted by molar-refractivity contribution is -0.113. The molecule has 0 bridgehead atoms. The summed E-state index contributed by atoms with van der Waals surface area (Å²) < 4.78 is 0. The second-order valence-corrected chi connectivity index (χ2v) is 10.3. The molecule has 0 radical (unpaired) electrons. The van der Waals surface area contributed by atoms with E-state index in [0.717, 1.165) is 50.1 Å². The Morgan fingerprint density at radius 3 is 2.21 bits per heavy atom. The SMILES string of the molecule is Cc1cc(C)c(NC(=O)CSC2=Nc3cc(C)c(C)cc3N=C(c3cccc(Cl)c3)C2)c(C)c1. The average Bonchev–Trinajstić information content (AvgIpc) is 2.94. The normalized spacial score (nSPS) is 13.0. The van der Waals surface area contributed by atoms with Gasteiger partial charge in [-0.05, 0) is 86.7 Å². The van der Waals surface area contributed by atoms with Crippen molar-refractivity contribution in [1.29, 1.82) is 0 Å². The van der Waals surface area contributed by atoms with Gasteiger partial charge in [0.15, 0.2) is 0 Å². The Balaban J connectivity index is 1.59. The fourth-order valence-electron chi connectivity index (χ4n) is 4.09. The summed E-state index contributed by atoms with van der Waals surface area (Å²) >= 11 is 7.71. The number of nitrogens with one attached hydrogen (secondary N) is 1. The Morgan fingerprint density at radius 2 is 1.56 bits per heavy atom. The largest absolute Gasteiger partial charge is 0.325 e. The molecule has 0 saturated heterocycles. The highest BCUT2D eigenvalue weighted by Gasteiger charge is 2.18. The Kier molecular flexibility index (Phi) is 7.24. The summed E-state index contributed by atoms with van der Waals surface area (Å²) in [4.78, 5) is 22.7. The van der Waals surface area contributed by atoms with Crippen molar-refractivity contribution >= 4 is 57.1 Å². The van der Waals surface area contributed by atoms with E-state index in [1.54, 1.807) is 0 Å². The van der Waals surface area contributed by atoms with Crippen LogP contribution in [-0.2, 0) is 4.79 Å². The molecule has 0 atom stereocenters. The summed E-state index contributed by atoms with van der Waals surface area (Å²) in [5.41, 5.74) is 10.1. The molecule has 1 aliphatic rings. The third-order valence-corrected chi connectivity index (χ3v) is 7.09. The smallest absolute Gasteiger partial charge is 0.234 e. The van der Waals surface area contributed by atoms with Crippen LogP contribution < -0.4 is 5.32 Å². The fraction of sp³-hybridized carbons (Fsp3) is 0.250. The number of halogens is 1. The van der Waals surface area contributed by atoms with Gasteiger partial charge in [0.2, 0.25) is 5.91 Å². The van der Waals surface area contributed by atoms with Crippen LogP contribution in [0.5, 0.6) is 0 Å². The van der Waals surface area contributed by atoms with Gasteiger partial charge in [-0.2, -0.15) is 0 Å². The number of amides is 1. The van der Waals surface area contributed by atoms with E-state index < -0.39 is 0 Å². The van der Waals surface area contributed by atoms with E-state index in [9.17, 15) is 4.79 Å². The van der Waals surface area contributed by atoms with Gasteiger partial charge in [0.1, 0.15) is 0 Å². The van der Waals surface area contributed by atoms with Crippen LogP contribution >= 0.6 is 23.4 Å². The van der Waals surface area contributed by atoms with Crippen molar-refractivity contribution in [3.8, 4) is 0 Å². The molecule has 3 aromatic carbocycles. The van der Waals surface area contributed by atoms with Crippen molar-refractivity contribution in [2.45, 2.75) is 41.0 Å². The number of thioether (sulfide) groups is 1. The standard InChI is InChI=1S/C28H28ClN3OS/c1-16-9-19(4)28(20(5)10-16)32-26(33)15-34-27-14-23(21-7-6-8-22(29)13-21)30-24-11-17(2)18(3)12-25(24)31-27/h6-13H,14-15H2,1-5H3,(H,32,33). The Bertz CT molecular complexity index is 1320. The molecule has 0 saturated carbocycles. The van der Waals surface area contributed by atoms with E-state index in [1.807, 2.05) is 38.1 Å². The molecule has 0 aliphatic carbocycles. The second kappa shape index (κ2) is 10.2. The number of hydrogen-bond donors (Lipinski definition) is 1. The molecule has 3 aromatic rings. The minimum Gasteiger partial charge on any atom is -0.325 e. The van der Waals surface area contributed by atoms with E-state index in [1.165, 1.54) is 22.9 Å². The fourth-order valence-corrected chi connectivity index (χ4v) is 5.05. The van der Waals surface area contributed by atoms with Crippen LogP contribution in [0.25, 0.3) is 0 Å². The first-order valence-corrected chi connectivity index (χ1v) is 12.6. The summed E-state index contributed by atoms with van der Waals surface area (Å²) in [5.74, 6) is 0.225. The van der Waals surface area contributed by atoms with Crippen molar-refractivity contribution in [3.05, 3.63) is 86.9 Å². The highest BCUT2D eigenvalue weighted by atomic mass is 35.5. The molecule has 4 nitrogen and oxygen atoms in total. The van der Waals surface area contributed by atoms with Crippen molar-refractivity contribution in [1.82, 2.24) is 0 Å². The van der Waals surface area contributed by atoms with Gasteiger partial charge in [0.25, 0.3) is 0 Å². The number of aryl methyl sites for hydroxylation is 5. The number of anilines is 1. The van der Waals surface area contributed by atoms with Crippen molar-refractivity contribution in [3.63, 3.8) is 0 Å². The van der Waals surface area contributed by atoms with Crippen LogP contribution in [0.4, 0.5) is 17.1 Å². The van der Waals surface area contributed by atoms with E-state index in [0.29, 0.717) is 11.4 Å². The third kappa shape index (κ3) is 5.60. The van der Waals surface area contributed by atoms with Gasteiger partial charge < -0.3 is 5.32 Å². The lowest BCUT2D eigenvalue weighted by atomic mass is 10.1. The summed E-state index contributed by atoms with van der Waals surface area (Å²) in [5, 5.41) is 4.61. The molecule has 0 fully saturated rings. The lowest BCUT2D eigenvalue weighted by Gasteiger charge is -2.13. The molecule has 1 heterocycles. The van der Waals surface area contributed by atoms with Crippen LogP contribution in [0.2, 0.25) is 5.02 Å². The molecule has 1 aliphatic heterocycles. The number of carbonyl (C=O) groups is 1. The predicted molar refractivity (Wildman–Crippen MR) is 147 cm³/mol. The van der Waals surface area contributed by atoms with Crippen LogP contribution in [0.15, 0.2) is 58.5 Å². The number of fused-ring (bicyclic) bond motifs is 1. The number of aliphatic imine (C=N–C) groups is 2. The van der Waals surface area contributed by atoms with Crippen molar-refractivity contribution in [2.24, 2.45) is 9.98 Å². The topological polar surface area (TPSA) is 53.8 Å². The monoisotopic (exact) mass is 489 g/mol. The van der Waals surface area contributed by atoms with Gasteiger partial charge in [0.05, 0.1) is 27.9 Å². The molecule has 0 spiro atoms. The predicted octanol–water partition coefficient (Wildman–Crippen LogP) is 7.81. The Labute approximate surface area is 210 Å². The Morgan fingerprint density at radius 1 is 0.912 bits per heavy atom. The third-order valence-electron chi connectivity index (χ3n) is 5.88. The lowest BCUT2D eigenvalue weighted by Crippen LogP contribution is -2.17. The molecule has 0 unspecified atom stereocenters. The van der Waals surface area contributed by atoms with Crippen LogP contribution in [-0.4, -0.2) is 22.4 Å². The van der Waals surface area contributed by atoms with Gasteiger partial charge in [-0.1, -0.05) is 41.4 Å². The minimum atomic E-state index is -0.0476. The highest BCUT2D eigenvalue weighted by molar-refractivity contribution is 8.14. The summed E-state index contributed by atoms with van der Waals surface area (Å²) in [6.07, 6.45) is 0.535. The van der Waals surface area contributed by atoms with Gasteiger partial charge in [-0.3, -0.25) is 9.79 Å². The van der Waals surface area contributed by atoms with Gasteiger partial charge >= 0.3 is 0 Å². The molecule has 4 rings (SSSR count). The molecule has 6 heteroatoms. The van der Waals surface area contributed by atoms with E-state index in [2.05, 4.69) is 50.4 Å². The first-order chi connectivity index (χ1) is 16.2. The quantitative estimate of drug-likeness (QED) is 0.406. The first-order valence-electron chi connectivity index (χ1n) is 11.2. The van der Waals surface area contributed by atoms with E-state index in [4.69, 9.17) is 21.6 Å². The number of carbonyl (C=O) groups excluding carboxylic acids is 1. The molecule has 34 heavy (non-hydrogen) atoms. The second-order valence-electron chi connectivity index (χ2n) is 8.79. The first kappa shape index (κ1) is 24.2. The molecule has 1 N–H and O–H groups in total. The summed E-state index contributed by atoms with van der Waals surface area (Å²) in [6, 6.07) is 16.0. The zero-order valence-corrected chi connectivity index (χ0v) is 21.7. The Hall–Kier alpha value is -2.89. The minimum absolute atomic E-state index is 0.0476. The molecular formula is C28H28ClN3OS. The van der Waals surface area contributed by atoms with E-state index in [-0.39, 0.29) is 11.7 Å². The number of rotatable bonds is 4.